The molecule has 0 amide bonds. The van der Waals surface area contributed by atoms with E-state index in [1.54, 1.807) is 24.3 Å². The van der Waals surface area contributed by atoms with E-state index in [9.17, 15) is 13.6 Å². The van der Waals surface area contributed by atoms with Gasteiger partial charge >= 0.3 is 0 Å². The lowest BCUT2D eigenvalue weighted by atomic mass is 9.98. The summed E-state index contributed by atoms with van der Waals surface area (Å²) in [5, 5.41) is 0.928. The fourth-order valence-electron chi connectivity index (χ4n) is 3.84. The third-order valence-corrected chi connectivity index (χ3v) is 5.60. The first-order valence-corrected chi connectivity index (χ1v) is 10.6. The van der Waals surface area contributed by atoms with Crippen molar-refractivity contribution in [2.75, 3.05) is 0 Å². The lowest BCUT2D eigenvalue weighted by Crippen LogP contribution is -2.02. The maximum atomic E-state index is 13.5. The smallest absolute Gasteiger partial charge is 0.194 e. The van der Waals surface area contributed by atoms with Crippen LogP contribution in [0, 0.1) is 11.6 Å². The molecule has 0 radical (unpaired) electrons. The first-order valence-electron chi connectivity index (χ1n) is 10.6. The van der Waals surface area contributed by atoms with Gasteiger partial charge in [0, 0.05) is 40.3 Å². The number of ketones is 1. The van der Waals surface area contributed by atoms with E-state index in [2.05, 4.69) is 4.98 Å². The van der Waals surface area contributed by atoms with Crippen LogP contribution < -0.4 is 0 Å². The summed E-state index contributed by atoms with van der Waals surface area (Å²) in [6.45, 7) is 2.02. The highest BCUT2D eigenvalue weighted by Gasteiger charge is 2.15. The second-order valence-electron chi connectivity index (χ2n) is 7.78. The molecule has 0 spiro atoms. The molecule has 5 aromatic rings. The zero-order chi connectivity index (χ0) is 22.9. The number of aromatic nitrogens is 1. The highest BCUT2D eigenvalue weighted by molar-refractivity contribution is 6.09. The molecule has 33 heavy (non-hydrogen) atoms. The van der Waals surface area contributed by atoms with Gasteiger partial charge < -0.3 is 4.42 Å². The van der Waals surface area contributed by atoms with Crippen LogP contribution in [0.2, 0.25) is 0 Å². The number of halogens is 2. The summed E-state index contributed by atoms with van der Waals surface area (Å²) in [6.07, 6.45) is 2.28. The highest BCUT2D eigenvalue weighted by atomic mass is 19.1. The summed E-state index contributed by atoms with van der Waals surface area (Å²) >= 11 is 0. The summed E-state index contributed by atoms with van der Waals surface area (Å²) in [7, 11) is 0. The molecule has 5 rings (SSSR count). The minimum atomic E-state index is -0.391. The van der Waals surface area contributed by atoms with Crippen molar-refractivity contribution in [1.82, 2.24) is 4.98 Å². The monoisotopic (exact) mass is 439 g/mol. The zero-order valence-electron chi connectivity index (χ0n) is 17.8. The third-order valence-electron chi connectivity index (χ3n) is 5.60. The number of carbonyl (C=O) groups excluding carboxylic acids is 1. The molecule has 2 aromatic heterocycles. The summed E-state index contributed by atoms with van der Waals surface area (Å²) in [5.41, 5.74) is 4.78. The zero-order valence-corrected chi connectivity index (χ0v) is 17.8. The van der Waals surface area contributed by atoms with Gasteiger partial charge in [-0.1, -0.05) is 19.1 Å². The Morgan fingerprint density at radius 3 is 2.12 bits per heavy atom. The molecule has 0 saturated heterocycles. The average Bonchev–Trinajstić information content (AvgIpc) is 3.28. The summed E-state index contributed by atoms with van der Waals surface area (Å²) < 4.78 is 32.7. The lowest BCUT2D eigenvalue weighted by Gasteiger charge is -2.08. The Labute approximate surface area is 189 Å². The van der Waals surface area contributed by atoms with E-state index in [1.165, 1.54) is 42.6 Å². The number of fused-ring (bicyclic) bond motifs is 1. The van der Waals surface area contributed by atoms with Crippen molar-refractivity contribution in [3.8, 4) is 22.4 Å². The predicted octanol–water partition coefficient (Wildman–Crippen LogP) is 7.23. The Hall–Kier alpha value is -4.12. The van der Waals surface area contributed by atoms with Gasteiger partial charge in [0.2, 0.25) is 0 Å². The normalized spacial score (nSPS) is 11.1. The van der Waals surface area contributed by atoms with Crippen molar-refractivity contribution in [3.63, 3.8) is 0 Å². The second kappa shape index (κ2) is 8.43. The summed E-state index contributed by atoms with van der Waals surface area (Å²) in [4.78, 5) is 17.2. The van der Waals surface area contributed by atoms with Crippen molar-refractivity contribution >= 4 is 16.8 Å². The Kier molecular flexibility index (Phi) is 5.31. The Morgan fingerprint density at radius 2 is 1.48 bits per heavy atom. The van der Waals surface area contributed by atoms with Crippen LogP contribution >= 0.6 is 0 Å². The number of furan rings is 1. The van der Waals surface area contributed by atoms with Crippen molar-refractivity contribution in [2.24, 2.45) is 0 Å². The molecule has 0 atom stereocenters. The number of rotatable bonds is 5. The van der Waals surface area contributed by atoms with Gasteiger partial charge in [0.1, 0.15) is 23.0 Å². The van der Waals surface area contributed by atoms with Crippen LogP contribution in [-0.4, -0.2) is 10.8 Å². The molecule has 162 valence electrons. The van der Waals surface area contributed by atoms with Crippen molar-refractivity contribution in [1.29, 1.82) is 0 Å². The molecule has 2 heterocycles. The maximum Gasteiger partial charge on any atom is 0.194 e. The number of benzene rings is 3. The number of nitrogens with zero attached hydrogens (tertiary/aromatic N) is 1. The number of aryl methyl sites for hydroxylation is 1. The van der Waals surface area contributed by atoms with E-state index in [-0.39, 0.29) is 11.6 Å². The fraction of sp³-hybridized carbons (Fsp3) is 0.0714. The highest BCUT2D eigenvalue weighted by Crippen LogP contribution is 2.35. The molecule has 0 aliphatic carbocycles. The Morgan fingerprint density at radius 1 is 0.818 bits per heavy atom. The molecular formula is C28H19F2NO2. The number of pyridine rings is 1. The number of carbonyl (C=O) groups is 1. The van der Waals surface area contributed by atoms with Crippen molar-refractivity contribution in [2.45, 2.75) is 13.3 Å². The largest absolute Gasteiger partial charge is 0.460 e. The minimum Gasteiger partial charge on any atom is -0.460 e. The van der Waals surface area contributed by atoms with Crippen LogP contribution in [-0.2, 0) is 6.42 Å². The van der Waals surface area contributed by atoms with Gasteiger partial charge in [0.25, 0.3) is 0 Å². The van der Waals surface area contributed by atoms with E-state index in [0.717, 1.165) is 39.8 Å². The first-order chi connectivity index (χ1) is 16.0. The van der Waals surface area contributed by atoms with Gasteiger partial charge in [-0.05, 0) is 72.3 Å². The van der Waals surface area contributed by atoms with E-state index < -0.39 is 5.82 Å². The topological polar surface area (TPSA) is 43.1 Å². The van der Waals surface area contributed by atoms with Gasteiger partial charge in [0.15, 0.2) is 5.78 Å². The molecule has 0 unspecified atom stereocenters. The fourth-order valence-corrected chi connectivity index (χ4v) is 3.84. The molecule has 0 bridgehead atoms. The van der Waals surface area contributed by atoms with E-state index in [1.807, 2.05) is 25.1 Å². The van der Waals surface area contributed by atoms with Gasteiger partial charge in [-0.2, -0.15) is 0 Å². The molecule has 0 aliphatic rings. The van der Waals surface area contributed by atoms with Crippen molar-refractivity contribution < 1.29 is 18.0 Å². The Bertz CT molecular complexity index is 1450. The molecule has 0 saturated carbocycles. The number of hydrogen-bond donors (Lipinski definition) is 0. The molecule has 0 N–H and O–H groups in total. The molecular weight excluding hydrogens is 420 g/mol. The van der Waals surface area contributed by atoms with Gasteiger partial charge in [-0.3, -0.25) is 9.78 Å². The van der Waals surface area contributed by atoms with Crippen LogP contribution in [0.1, 0.15) is 28.6 Å². The lowest BCUT2D eigenvalue weighted by molar-refractivity contribution is 0.103. The molecule has 3 nitrogen and oxygen atoms in total. The van der Waals surface area contributed by atoms with Crippen LogP contribution in [0.3, 0.4) is 0 Å². The molecule has 0 aliphatic heterocycles. The first kappa shape index (κ1) is 20.8. The van der Waals surface area contributed by atoms with Gasteiger partial charge in [-0.25, -0.2) is 8.78 Å². The second-order valence-corrected chi connectivity index (χ2v) is 7.78. The van der Waals surface area contributed by atoms with Crippen LogP contribution in [0.4, 0.5) is 8.78 Å². The van der Waals surface area contributed by atoms with Crippen molar-refractivity contribution in [3.05, 3.63) is 114 Å². The maximum absolute atomic E-state index is 13.5. The molecule has 3 aromatic carbocycles. The average molecular weight is 439 g/mol. The molecule has 5 heteroatoms. The standard InChI is InChI=1S/C28H19F2NO2/c1-2-24-14-21-13-20(15-25(28(21)33-24)17-3-8-22(29)9-4-17)26-12-7-19(16-31-26)27(32)18-5-10-23(30)11-6-18/h3-16H,2H2,1H3. The summed E-state index contributed by atoms with van der Waals surface area (Å²) in [5.74, 6) is -0.0570. The molecule has 0 fully saturated rings. The summed E-state index contributed by atoms with van der Waals surface area (Å²) in [6, 6.07) is 21.2. The predicted molar refractivity (Wildman–Crippen MR) is 124 cm³/mol. The van der Waals surface area contributed by atoms with Crippen LogP contribution in [0.25, 0.3) is 33.4 Å². The number of hydrogen-bond acceptors (Lipinski definition) is 3. The Balaban J connectivity index is 1.56. The van der Waals surface area contributed by atoms with Gasteiger partial charge in [-0.15, -0.1) is 0 Å². The third kappa shape index (κ3) is 4.05. The van der Waals surface area contributed by atoms with E-state index in [4.69, 9.17) is 4.42 Å². The van der Waals surface area contributed by atoms with Crippen LogP contribution in [0.5, 0.6) is 0 Å². The quantitative estimate of drug-likeness (QED) is 0.271. The van der Waals surface area contributed by atoms with Crippen LogP contribution in [0.15, 0.2) is 89.5 Å². The van der Waals surface area contributed by atoms with E-state index in [0.29, 0.717) is 16.8 Å². The SMILES string of the molecule is CCc1cc2cc(-c3ccc(C(=O)c4ccc(F)cc4)cn3)cc(-c3ccc(F)cc3)c2o1. The van der Waals surface area contributed by atoms with Gasteiger partial charge in [0.05, 0.1) is 5.69 Å². The minimum absolute atomic E-state index is 0.223. The van der Waals surface area contributed by atoms with E-state index >= 15 is 0 Å².